The fourth-order valence-corrected chi connectivity index (χ4v) is 2.14. The molecule has 5 unspecified atom stereocenters. The summed E-state index contributed by atoms with van der Waals surface area (Å²) in [6, 6.07) is 0. The summed E-state index contributed by atoms with van der Waals surface area (Å²) >= 11 is 0. The first-order chi connectivity index (χ1) is 5.83. The summed E-state index contributed by atoms with van der Waals surface area (Å²) in [5.41, 5.74) is 0. The highest BCUT2D eigenvalue weighted by molar-refractivity contribution is 4.91. The molecule has 0 aromatic carbocycles. The molecule has 0 N–H and O–H groups in total. The van der Waals surface area contributed by atoms with Crippen molar-refractivity contribution in [2.24, 2.45) is 0 Å². The van der Waals surface area contributed by atoms with Crippen molar-refractivity contribution in [3.05, 3.63) is 0 Å². The molecule has 12 heavy (non-hydrogen) atoms. The molecule has 3 heterocycles. The van der Waals surface area contributed by atoms with Crippen LogP contribution in [0.1, 0.15) is 13.3 Å². The number of ether oxygens (including phenoxy) is 4. The van der Waals surface area contributed by atoms with E-state index in [4.69, 9.17) is 18.9 Å². The Morgan fingerprint density at radius 2 is 2.00 bits per heavy atom. The van der Waals surface area contributed by atoms with Gasteiger partial charge in [-0.2, -0.15) is 0 Å². The summed E-state index contributed by atoms with van der Waals surface area (Å²) in [7, 11) is 0. The fraction of sp³-hybridized carbons (Fsp3) is 1.00. The minimum atomic E-state index is -0.0806. The third-order valence-electron chi connectivity index (χ3n) is 2.65. The minimum Gasteiger partial charge on any atom is -0.350 e. The van der Waals surface area contributed by atoms with Crippen LogP contribution in [0.2, 0.25) is 0 Å². The lowest BCUT2D eigenvalue weighted by Gasteiger charge is -2.26. The molecule has 0 radical (unpaired) electrons. The molecule has 0 aromatic rings. The number of hydrogen-bond donors (Lipinski definition) is 0. The molecule has 0 spiro atoms. The second-order valence-corrected chi connectivity index (χ2v) is 3.52. The van der Waals surface area contributed by atoms with E-state index in [0.29, 0.717) is 6.61 Å². The molecule has 3 aliphatic rings. The van der Waals surface area contributed by atoms with E-state index in [9.17, 15) is 0 Å². The van der Waals surface area contributed by atoms with E-state index >= 15 is 0 Å². The third-order valence-corrected chi connectivity index (χ3v) is 2.65. The Morgan fingerprint density at radius 1 is 1.08 bits per heavy atom. The zero-order chi connectivity index (χ0) is 8.13. The summed E-state index contributed by atoms with van der Waals surface area (Å²) in [5.74, 6) is 0. The summed E-state index contributed by atoms with van der Waals surface area (Å²) in [6.45, 7) is 2.58. The van der Waals surface area contributed by atoms with Gasteiger partial charge in [-0.1, -0.05) is 0 Å². The SMILES string of the molecule is CC1OC2CC3OCC(O3)C2O1. The fourth-order valence-electron chi connectivity index (χ4n) is 2.14. The molecule has 2 bridgehead atoms. The molecule has 3 fully saturated rings. The van der Waals surface area contributed by atoms with Crippen LogP contribution < -0.4 is 0 Å². The van der Waals surface area contributed by atoms with Gasteiger partial charge in [0.05, 0.1) is 12.7 Å². The van der Waals surface area contributed by atoms with Gasteiger partial charge < -0.3 is 18.9 Å². The Morgan fingerprint density at radius 3 is 2.92 bits per heavy atom. The number of hydrogen-bond acceptors (Lipinski definition) is 4. The van der Waals surface area contributed by atoms with E-state index in [1.807, 2.05) is 6.92 Å². The topological polar surface area (TPSA) is 36.9 Å². The summed E-state index contributed by atoms with van der Waals surface area (Å²) in [4.78, 5) is 0. The molecule has 3 aliphatic heterocycles. The first-order valence-corrected chi connectivity index (χ1v) is 4.41. The molecule has 68 valence electrons. The van der Waals surface area contributed by atoms with Crippen LogP contribution in [0.25, 0.3) is 0 Å². The van der Waals surface area contributed by atoms with Crippen molar-refractivity contribution in [3.63, 3.8) is 0 Å². The van der Waals surface area contributed by atoms with Crippen LogP contribution in [0.5, 0.6) is 0 Å². The van der Waals surface area contributed by atoms with Crippen LogP contribution in [0.4, 0.5) is 0 Å². The molecule has 0 aliphatic carbocycles. The Kier molecular flexibility index (Phi) is 1.46. The standard InChI is InChI=1S/C8H12O4/c1-4-10-5-2-7-9-3-6(12-7)8(5)11-4/h4-8H,2-3H2,1H3. The molecule has 0 amide bonds. The Balaban J connectivity index is 1.82. The maximum absolute atomic E-state index is 5.57. The van der Waals surface area contributed by atoms with Crippen LogP contribution in [-0.4, -0.2) is 37.5 Å². The van der Waals surface area contributed by atoms with E-state index in [-0.39, 0.29) is 30.9 Å². The van der Waals surface area contributed by atoms with Gasteiger partial charge >= 0.3 is 0 Å². The van der Waals surface area contributed by atoms with E-state index in [0.717, 1.165) is 6.42 Å². The first-order valence-electron chi connectivity index (χ1n) is 4.41. The summed E-state index contributed by atoms with van der Waals surface area (Å²) < 4.78 is 22.0. The Bertz CT molecular complexity index is 195. The average Bonchev–Trinajstić information content (AvgIpc) is 2.57. The highest BCUT2D eigenvalue weighted by Gasteiger charge is 2.49. The van der Waals surface area contributed by atoms with Crippen LogP contribution in [-0.2, 0) is 18.9 Å². The number of rotatable bonds is 0. The van der Waals surface area contributed by atoms with Crippen molar-refractivity contribution >= 4 is 0 Å². The summed E-state index contributed by atoms with van der Waals surface area (Å²) in [5, 5.41) is 0. The second kappa shape index (κ2) is 2.42. The van der Waals surface area contributed by atoms with Gasteiger partial charge in [0.2, 0.25) is 0 Å². The zero-order valence-electron chi connectivity index (χ0n) is 6.93. The smallest absolute Gasteiger partial charge is 0.160 e. The molecular formula is C8H12O4. The van der Waals surface area contributed by atoms with Gasteiger partial charge in [0, 0.05) is 6.42 Å². The lowest BCUT2D eigenvalue weighted by atomic mass is 10.0. The molecule has 0 saturated carbocycles. The van der Waals surface area contributed by atoms with E-state index in [1.54, 1.807) is 0 Å². The largest absolute Gasteiger partial charge is 0.350 e. The van der Waals surface area contributed by atoms with Crippen molar-refractivity contribution < 1.29 is 18.9 Å². The maximum atomic E-state index is 5.57. The van der Waals surface area contributed by atoms with Gasteiger partial charge in [-0.05, 0) is 6.92 Å². The quantitative estimate of drug-likeness (QED) is 0.525. The van der Waals surface area contributed by atoms with E-state index in [1.165, 1.54) is 0 Å². The predicted molar refractivity (Wildman–Crippen MR) is 38.4 cm³/mol. The van der Waals surface area contributed by atoms with Gasteiger partial charge in [0.15, 0.2) is 12.6 Å². The van der Waals surface area contributed by atoms with Gasteiger partial charge in [0.25, 0.3) is 0 Å². The second-order valence-electron chi connectivity index (χ2n) is 3.52. The molecular weight excluding hydrogens is 160 g/mol. The normalized spacial score (nSPS) is 57.2. The average molecular weight is 172 g/mol. The minimum absolute atomic E-state index is 0.0508. The maximum Gasteiger partial charge on any atom is 0.160 e. The highest BCUT2D eigenvalue weighted by atomic mass is 16.8. The van der Waals surface area contributed by atoms with Crippen LogP contribution >= 0.6 is 0 Å². The van der Waals surface area contributed by atoms with Crippen molar-refractivity contribution in [2.75, 3.05) is 6.61 Å². The Hall–Kier alpha value is -0.160. The predicted octanol–water partition coefficient (Wildman–Crippen LogP) is 0.262. The zero-order valence-corrected chi connectivity index (χ0v) is 6.93. The number of fused-ring (bicyclic) bond motifs is 4. The van der Waals surface area contributed by atoms with Gasteiger partial charge in [-0.15, -0.1) is 0 Å². The monoisotopic (exact) mass is 172 g/mol. The van der Waals surface area contributed by atoms with Crippen LogP contribution in [0, 0.1) is 0 Å². The molecule has 5 atom stereocenters. The highest BCUT2D eigenvalue weighted by Crippen LogP contribution is 2.36. The van der Waals surface area contributed by atoms with Gasteiger partial charge in [-0.3, -0.25) is 0 Å². The van der Waals surface area contributed by atoms with Crippen molar-refractivity contribution in [1.29, 1.82) is 0 Å². The third kappa shape index (κ3) is 0.925. The lowest BCUT2D eigenvalue weighted by molar-refractivity contribution is -0.132. The molecule has 4 nitrogen and oxygen atoms in total. The molecule has 0 aromatic heterocycles. The molecule has 4 heteroatoms. The van der Waals surface area contributed by atoms with Crippen molar-refractivity contribution in [3.8, 4) is 0 Å². The van der Waals surface area contributed by atoms with Gasteiger partial charge in [-0.25, -0.2) is 0 Å². The lowest BCUT2D eigenvalue weighted by Crippen LogP contribution is -2.42. The first kappa shape index (κ1) is 7.26. The van der Waals surface area contributed by atoms with E-state index in [2.05, 4.69) is 0 Å². The molecule has 3 rings (SSSR count). The Labute approximate surface area is 70.7 Å². The van der Waals surface area contributed by atoms with Crippen LogP contribution in [0.3, 0.4) is 0 Å². The summed E-state index contributed by atoms with van der Waals surface area (Å²) in [6.07, 6.45) is 1.06. The van der Waals surface area contributed by atoms with Crippen LogP contribution in [0.15, 0.2) is 0 Å². The van der Waals surface area contributed by atoms with Crippen molar-refractivity contribution in [2.45, 2.75) is 44.2 Å². The van der Waals surface area contributed by atoms with E-state index < -0.39 is 0 Å². The van der Waals surface area contributed by atoms with Crippen molar-refractivity contribution in [1.82, 2.24) is 0 Å². The van der Waals surface area contributed by atoms with Gasteiger partial charge in [0.1, 0.15) is 12.2 Å². The molecule has 3 saturated heterocycles.